The molecule has 0 unspecified atom stereocenters. The third-order valence-electron chi connectivity index (χ3n) is 3.43. The molecule has 0 aliphatic carbocycles. The van der Waals surface area contributed by atoms with E-state index in [-0.39, 0.29) is 10.8 Å². The lowest BCUT2D eigenvalue weighted by Gasteiger charge is -2.20. The first-order chi connectivity index (χ1) is 8.84. The van der Waals surface area contributed by atoms with Crippen LogP contribution in [0.25, 0.3) is 10.9 Å². The number of hydrogen-bond donors (Lipinski definition) is 0. The van der Waals surface area contributed by atoms with Crippen molar-refractivity contribution in [1.82, 2.24) is 4.57 Å². The number of pyridine rings is 1. The van der Waals surface area contributed by atoms with Crippen LogP contribution in [0.1, 0.15) is 31.9 Å². The molecule has 1 aromatic heterocycles. The first-order valence-corrected chi connectivity index (χ1v) is 7.85. The number of hydrogen-bond acceptors (Lipinski definition) is 2. The summed E-state index contributed by atoms with van der Waals surface area (Å²) in [5.41, 5.74) is 3.42. The van der Waals surface area contributed by atoms with Crippen LogP contribution in [-0.2, 0) is 18.2 Å². The van der Waals surface area contributed by atoms with E-state index in [2.05, 4.69) is 37.5 Å². The monoisotopic (exact) mass is 275 g/mol. The Labute approximate surface area is 118 Å². The van der Waals surface area contributed by atoms with E-state index in [1.54, 1.807) is 11.8 Å². The van der Waals surface area contributed by atoms with E-state index in [1.807, 2.05) is 25.6 Å². The Morgan fingerprint density at radius 1 is 1.26 bits per heavy atom. The molecule has 0 atom stereocenters. The van der Waals surface area contributed by atoms with Crippen molar-refractivity contribution in [1.29, 1.82) is 0 Å². The van der Waals surface area contributed by atoms with E-state index in [0.29, 0.717) is 0 Å². The summed E-state index contributed by atoms with van der Waals surface area (Å²) in [7, 11) is 2.01. The van der Waals surface area contributed by atoms with Crippen LogP contribution in [0.2, 0.25) is 0 Å². The first-order valence-electron chi connectivity index (χ1n) is 6.46. The average molecular weight is 275 g/mol. The Balaban J connectivity index is 2.73. The van der Waals surface area contributed by atoms with Crippen LogP contribution < -0.4 is 5.43 Å². The fourth-order valence-corrected chi connectivity index (χ4v) is 2.79. The van der Waals surface area contributed by atoms with Crippen molar-refractivity contribution >= 4 is 22.7 Å². The maximum atomic E-state index is 12.4. The van der Waals surface area contributed by atoms with E-state index in [4.69, 9.17) is 0 Å². The Morgan fingerprint density at radius 3 is 2.53 bits per heavy atom. The van der Waals surface area contributed by atoms with Gasteiger partial charge < -0.3 is 4.57 Å². The first kappa shape index (κ1) is 14.2. The molecule has 0 bridgehead atoms. The molecule has 3 heteroatoms. The SMILES string of the molecule is CSCc1cn(C)c2cc(C(C)(C)C)ccc2c1=O. The molecule has 0 amide bonds. The molecule has 0 saturated heterocycles. The Bertz CT molecular complexity index is 665. The standard InChI is InChI=1S/C16H21NOS/c1-16(2,3)12-6-7-13-14(8-12)17(4)9-11(10-19-5)15(13)18/h6-9H,10H2,1-5H3. The normalized spacial score (nSPS) is 12.1. The van der Waals surface area contributed by atoms with Crippen molar-refractivity contribution in [3.8, 4) is 0 Å². The summed E-state index contributed by atoms with van der Waals surface area (Å²) in [5, 5.41) is 0.821. The number of rotatable bonds is 2. The predicted octanol–water partition coefficient (Wildman–Crippen LogP) is 3.70. The van der Waals surface area contributed by atoms with E-state index in [9.17, 15) is 4.79 Å². The van der Waals surface area contributed by atoms with Gasteiger partial charge in [-0.05, 0) is 29.4 Å². The van der Waals surface area contributed by atoms with Crippen molar-refractivity contribution < 1.29 is 0 Å². The molecule has 0 radical (unpaired) electrons. The lowest BCUT2D eigenvalue weighted by molar-refractivity contribution is 0.590. The van der Waals surface area contributed by atoms with Gasteiger partial charge in [-0.3, -0.25) is 4.79 Å². The van der Waals surface area contributed by atoms with Gasteiger partial charge in [0.05, 0.1) is 5.52 Å². The lowest BCUT2D eigenvalue weighted by atomic mass is 9.86. The van der Waals surface area contributed by atoms with E-state index < -0.39 is 0 Å². The Kier molecular flexibility index (Phi) is 3.77. The van der Waals surface area contributed by atoms with Crippen LogP contribution in [0.15, 0.2) is 29.2 Å². The smallest absolute Gasteiger partial charge is 0.193 e. The maximum absolute atomic E-state index is 12.4. The highest BCUT2D eigenvalue weighted by Gasteiger charge is 2.15. The summed E-state index contributed by atoms with van der Waals surface area (Å²) >= 11 is 1.68. The lowest BCUT2D eigenvalue weighted by Crippen LogP contribution is -2.15. The van der Waals surface area contributed by atoms with Crippen molar-refractivity contribution in [2.45, 2.75) is 31.9 Å². The molecule has 0 saturated carbocycles. The van der Waals surface area contributed by atoms with Gasteiger partial charge in [-0.15, -0.1) is 0 Å². The average Bonchev–Trinajstić information content (AvgIpc) is 2.34. The van der Waals surface area contributed by atoms with Gasteiger partial charge in [-0.2, -0.15) is 11.8 Å². The molecule has 2 nitrogen and oxygen atoms in total. The molecule has 2 rings (SSSR count). The second-order valence-corrected chi connectivity index (χ2v) is 6.88. The topological polar surface area (TPSA) is 22.0 Å². The molecule has 2 aromatic rings. The summed E-state index contributed by atoms with van der Waals surface area (Å²) in [6.45, 7) is 6.57. The predicted molar refractivity (Wildman–Crippen MR) is 85.1 cm³/mol. The Hall–Kier alpha value is -1.22. The van der Waals surface area contributed by atoms with Gasteiger partial charge >= 0.3 is 0 Å². The molecule has 0 spiro atoms. The van der Waals surface area contributed by atoms with E-state index in [0.717, 1.165) is 22.2 Å². The molecule has 0 fully saturated rings. The van der Waals surface area contributed by atoms with Crippen LogP contribution in [-0.4, -0.2) is 10.8 Å². The molecule has 0 N–H and O–H groups in total. The fraction of sp³-hybridized carbons (Fsp3) is 0.438. The molecule has 19 heavy (non-hydrogen) atoms. The largest absolute Gasteiger partial charge is 0.350 e. The molecule has 1 aromatic carbocycles. The van der Waals surface area contributed by atoms with Gasteiger partial charge in [-0.25, -0.2) is 0 Å². The number of nitrogens with zero attached hydrogens (tertiary/aromatic N) is 1. The van der Waals surface area contributed by atoms with Crippen LogP contribution in [0, 0.1) is 0 Å². The summed E-state index contributed by atoms with van der Waals surface area (Å²) in [6.07, 6.45) is 3.99. The highest BCUT2D eigenvalue weighted by atomic mass is 32.2. The molecular weight excluding hydrogens is 254 g/mol. The van der Waals surface area contributed by atoms with Gasteiger partial charge in [0.2, 0.25) is 0 Å². The molecule has 102 valence electrons. The van der Waals surface area contributed by atoms with Gasteiger partial charge in [0, 0.05) is 29.9 Å². The van der Waals surface area contributed by atoms with Crippen molar-refractivity contribution in [2.75, 3.05) is 6.26 Å². The molecule has 0 aliphatic rings. The zero-order valence-corrected chi connectivity index (χ0v) is 13.1. The maximum Gasteiger partial charge on any atom is 0.193 e. The van der Waals surface area contributed by atoms with Crippen molar-refractivity contribution in [2.24, 2.45) is 7.05 Å². The van der Waals surface area contributed by atoms with Gasteiger partial charge in [0.15, 0.2) is 5.43 Å². The molecule has 1 heterocycles. The minimum absolute atomic E-state index is 0.0994. The second-order valence-electron chi connectivity index (χ2n) is 6.01. The number of aryl methyl sites for hydroxylation is 1. The fourth-order valence-electron chi connectivity index (χ4n) is 2.28. The van der Waals surface area contributed by atoms with Gasteiger partial charge in [-0.1, -0.05) is 26.8 Å². The van der Waals surface area contributed by atoms with Gasteiger partial charge in [0.1, 0.15) is 0 Å². The number of benzene rings is 1. The minimum Gasteiger partial charge on any atom is -0.350 e. The summed E-state index contributed by atoms with van der Waals surface area (Å²) < 4.78 is 2.07. The molecular formula is C16H21NOS. The van der Waals surface area contributed by atoms with Crippen LogP contribution in [0.4, 0.5) is 0 Å². The van der Waals surface area contributed by atoms with Crippen LogP contribution in [0.5, 0.6) is 0 Å². The minimum atomic E-state index is 0.0994. The number of aromatic nitrogens is 1. The third kappa shape index (κ3) is 2.71. The zero-order chi connectivity index (χ0) is 14.2. The number of thioether (sulfide) groups is 1. The van der Waals surface area contributed by atoms with Crippen molar-refractivity contribution in [3.63, 3.8) is 0 Å². The summed E-state index contributed by atoms with van der Waals surface area (Å²) in [4.78, 5) is 12.4. The highest BCUT2D eigenvalue weighted by molar-refractivity contribution is 7.97. The number of fused-ring (bicyclic) bond motifs is 1. The molecule has 0 aliphatic heterocycles. The highest BCUT2D eigenvalue weighted by Crippen LogP contribution is 2.25. The van der Waals surface area contributed by atoms with Crippen LogP contribution >= 0.6 is 11.8 Å². The van der Waals surface area contributed by atoms with Crippen molar-refractivity contribution in [3.05, 3.63) is 45.7 Å². The van der Waals surface area contributed by atoms with E-state index >= 15 is 0 Å². The Morgan fingerprint density at radius 2 is 1.95 bits per heavy atom. The summed E-state index contributed by atoms with van der Waals surface area (Å²) in [5.74, 6) is 0.767. The quantitative estimate of drug-likeness (QED) is 0.833. The third-order valence-corrected chi connectivity index (χ3v) is 4.03. The van der Waals surface area contributed by atoms with Crippen LogP contribution in [0.3, 0.4) is 0 Å². The van der Waals surface area contributed by atoms with Gasteiger partial charge in [0.25, 0.3) is 0 Å². The summed E-state index contributed by atoms with van der Waals surface area (Å²) in [6, 6.07) is 6.19. The second kappa shape index (κ2) is 5.04. The zero-order valence-electron chi connectivity index (χ0n) is 12.3. The van der Waals surface area contributed by atoms with E-state index in [1.165, 1.54) is 5.56 Å².